The van der Waals surface area contributed by atoms with Gasteiger partial charge in [0.05, 0.1) is 0 Å². The molecule has 1 fully saturated rings. The lowest BCUT2D eigenvalue weighted by atomic mass is 9.79. The zero-order chi connectivity index (χ0) is 18.7. The van der Waals surface area contributed by atoms with Crippen LogP contribution in [0, 0.1) is 0 Å². The fourth-order valence-corrected chi connectivity index (χ4v) is 3.88. The van der Waals surface area contributed by atoms with Crippen LogP contribution < -0.4 is 0 Å². The second-order valence-corrected chi connectivity index (χ2v) is 6.77. The van der Waals surface area contributed by atoms with Crippen LogP contribution in [0.4, 0.5) is 0 Å². The van der Waals surface area contributed by atoms with Crippen molar-refractivity contribution in [3.05, 3.63) is 108 Å². The summed E-state index contributed by atoms with van der Waals surface area (Å²) in [6.07, 6.45) is -0.347. The summed E-state index contributed by atoms with van der Waals surface area (Å²) in [7, 11) is 0. The molecule has 4 rings (SSSR count). The van der Waals surface area contributed by atoms with Crippen molar-refractivity contribution in [2.75, 3.05) is 6.61 Å². The molecule has 3 aromatic rings. The molecule has 3 aromatic carbocycles. The first kappa shape index (κ1) is 17.9. The van der Waals surface area contributed by atoms with Crippen LogP contribution in [0.1, 0.15) is 36.6 Å². The van der Waals surface area contributed by atoms with Crippen molar-refractivity contribution in [1.29, 1.82) is 0 Å². The van der Waals surface area contributed by atoms with Crippen LogP contribution in [0.15, 0.2) is 91.0 Å². The van der Waals surface area contributed by atoms with Crippen molar-refractivity contribution in [3.63, 3.8) is 0 Å². The molecule has 27 heavy (non-hydrogen) atoms. The number of benzene rings is 3. The lowest BCUT2D eigenvalue weighted by Gasteiger charge is -2.34. The Labute approximate surface area is 160 Å². The fourth-order valence-electron chi connectivity index (χ4n) is 3.88. The van der Waals surface area contributed by atoms with E-state index in [0.29, 0.717) is 6.61 Å². The van der Waals surface area contributed by atoms with E-state index in [4.69, 9.17) is 14.2 Å². The average Bonchev–Trinajstić information content (AvgIpc) is 3.05. The molecule has 0 aromatic heterocycles. The Morgan fingerprint density at radius 1 is 0.778 bits per heavy atom. The molecule has 0 aliphatic carbocycles. The van der Waals surface area contributed by atoms with Gasteiger partial charge >= 0.3 is 0 Å². The van der Waals surface area contributed by atoms with Crippen LogP contribution in [-0.4, -0.2) is 12.6 Å². The summed E-state index contributed by atoms with van der Waals surface area (Å²) in [5.74, 6) is -1.14. The van der Waals surface area contributed by atoms with Crippen LogP contribution in [0.3, 0.4) is 0 Å². The van der Waals surface area contributed by atoms with Gasteiger partial charge in [-0.2, -0.15) is 0 Å². The normalized spacial score (nSPS) is 24.0. The monoisotopic (exact) mass is 360 g/mol. The molecule has 1 heterocycles. The Hall–Kier alpha value is -2.46. The SMILES string of the molecule is CCOC1(C)OC(c2ccccc2)C(c2ccccc2)(c2ccccc2)O1. The second-order valence-electron chi connectivity index (χ2n) is 6.77. The third-order valence-electron chi connectivity index (χ3n) is 4.96. The molecule has 0 saturated carbocycles. The molecule has 3 nitrogen and oxygen atoms in total. The summed E-state index contributed by atoms with van der Waals surface area (Å²) in [4.78, 5) is 0. The molecule has 0 radical (unpaired) electrons. The Bertz CT molecular complexity index is 824. The highest BCUT2D eigenvalue weighted by Gasteiger charge is 2.58. The van der Waals surface area contributed by atoms with Gasteiger partial charge in [0.15, 0.2) is 5.60 Å². The Morgan fingerprint density at radius 3 is 1.74 bits per heavy atom. The Morgan fingerprint density at radius 2 is 1.26 bits per heavy atom. The molecule has 0 bridgehead atoms. The maximum atomic E-state index is 6.67. The van der Waals surface area contributed by atoms with E-state index in [1.807, 2.05) is 68.4 Å². The molecule has 2 unspecified atom stereocenters. The lowest BCUT2D eigenvalue weighted by Crippen LogP contribution is -2.36. The van der Waals surface area contributed by atoms with E-state index in [0.717, 1.165) is 16.7 Å². The average molecular weight is 360 g/mol. The number of rotatable bonds is 5. The minimum Gasteiger partial charge on any atom is -0.328 e. The smallest absolute Gasteiger partial charge is 0.281 e. The molecule has 2 atom stereocenters. The van der Waals surface area contributed by atoms with E-state index in [1.165, 1.54) is 0 Å². The largest absolute Gasteiger partial charge is 0.328 e. The molecule has 1 aliphatic rings. The van der Waals surface area contributed by atoms with E-state index < -0.39 is 11.6 Å². The van der Waals surface area contributed by atoms with Crippen LogP contribution in [-0.2, 0) is 19.8 Å². The van der Waals surface area contributed by atoms with Gasteiger partial charge in [-0.05, 0) is 23.6 Å². The predicted octanol–water partition coefficient (Wildman–Crippen LogP) is 5.43. The quantitative estimate of drug-likeness (QED) is 0.607. The summed E-state index contributed by atoms with van der Waals surface area (Å²) in [5, 5.41) is 0. The van der Waals surface area contributed by atoms with Crippen LogP contribution in [0.2, 0.25) is 0 Å². The molecule has 0 spiro atoms. The van der Waals surface area contributed by atoms with Gasteiger partial charge in [0, 0.05) is 13.5 Å². The van der Waals surface area contributed by atoms with Gasteiger partial charge in [0.1, 0.15) is 6.10 Å². The van der Waals surface area contributed by atoms with Crippen molar-refractivity contribution in [2.45, 2.75) is 31.5 Å². The van der Waals surface area contributed by atoms with Gasteiger partial charge in [-0.3, -0.25) is 0 Å². The minimum atomic E-state index is -1.14. The van der Waals surface area contributed by atoms with E-state index in [2.05, 4.69) is 36.4 Å². The summed E-state index contributed by atoms with van der Waals surface area (Å²) in [5.41, 5.74) is 2.31. The summed E-state index contributed by atoms with van der Waals surface area (Å²) in [6.45, 7) is 4.29. The molecular weight excluding hydrogens is 336 g/mol. The van der Waals surface area contributed by atoms with E-state index >= 15 is 0 Å². The lowest BCUT2D eigenvalue weighted by molar-refractivity contribution is -0.334. The molecule has 138 valence electrons. The second kappa shape index (κ2) is 7.28. The van der Waals surface area contributed by atoms with Crippen molar-refractivity contribution in [3.8, 4) is 0 Å². The number of hydrogen-bond acceptors (Lipinski definition) is 3. The molecule has 3 heteroatoms. The number of hydrogen-bond donors (Lipinski definition) is 0. The van der Waals surface area contributed by atoms with Gasteiger partial charge in [-0.15, -0.1) is 0 Å². The topological polar surface area (TPSA) is 27.7 Å². The standard InChI is InChI=1S/C24H24O3/c1-3-25-23(2)26-22(19-13-7-4-8-14-19)24(27-23,20-15-9-5-10-16-20)21-17-11-6-12-18-21/h4-18,22H,3H2,1-2H3. The van der Waals surface area contributed by atoms with Crippen LogP contribution in [0.25, 0.3) is 0 Å². The first-order valence-electron chi connectivity index (χ1n) is 9.36. The highest BCUT2D eigenvalue weighted by atomic mass is 16.9. The number of ether oxygens (including phenoxy) is 3. The zero-order valence-electron chi connectivity index (χ0n) is 15.7. The van der Waals surface area contributed by atoms with Gasteiger partial charge in [-0.1, -0.05) is 91.0 Å². The van der Waals surface area contributed by atoms with Gasteiger partial charge < -0.3 is 14.2 Å². The van der Waals surface area contributed by atoms with Gasteiger partial charge in [0.25, 0.3) is 5.97 Å². The van der Waals surface area contributed by atoms with Crippen molar-refractivity contribution in [2.24, 2.45) is 0 Å². The van der Waals surface area contributed by atoms with Crippen molar-refractivity contribution in [1.82, 2.24) is 0 Å². The van der Waals surface area contributed by atoms with Gasteiger partial charge in [0.2, 0.25) is 0 Å². The van der Waals surface area contributed by atoms with Crippen LogP contribution >= 0.6 is 0 Å². The first-order valence-corrected chi connectivity index (χ1v) is 9.36. The molecule has 1 aliphatic heterocycles. The predicted molar refractivity (Wildman–Crippen MR) is 105 cm³/mol. The third kappa shape index (κ3) is 3.19. The third-order valence-corrected chi connectivity index (χ3v) is 4.96. The maximum Gasteiger partial charge on any atom is 0.281 e. The Kier molecular flexibility index (Phi) is 4.83. The fraction of sp³-hybridized carbons (Fsp3) is 0.250. The zero-order valence-corrected chi connectivity index (χ0v) is 15.7. The van der Waals surface area contributed by atoms with E-state index in [1.54, 1.807) is 0 Å². The summed E-state index contributed by atoms with van der Waals surface area (Å²) >= 11 is 0. The summed E-state index contributed by atoms with van der Waals surface area (Å²) < 4.78 is 19.0. The molecular formula is C24H24O3. The minimum absolute atomic E-state index is 0.347. The van der Waals surface area contributed by atoms with Gasteiger partial charge in [-0.25, -0.2) is 0 Å². The van der Waals surface area contributed by atoms with E-state index in [9.17, 15) is 0 Å². The van der Waals surface area contributed by atoms with Crippen LogP contribution in [0.5, 0.6) is 0 Å². The highest BCUT2D eigenvalue weighted by molar-refractivity contribution is 5.42. The molecule has 1 saturated heterocycles. The molecule has 0 amide bonds. The summed E-state index contributed by atoms with van der Waals surface area (Å²) in [6, 6.07) is 30.7. The van der Waals surface area contributed by atoms with E-state index in [-0.39, 0.29) is 6.10 Å². The van der Waals surface area contributed by atoms with Crippen molar-refractivity contribution >= 4 is 0 Å². The van der Waals surface area contributed by atoms with Crippen molar-refractivity contribution < 1.29 is 14.2 Å². The molecule has 0 N–H and O–H groups in total. The first-order chi connectivity index (χ1) is 13.2. The highest BCUT2D eigenvalue weighted by Crippen LogP contribution is 2.55. The maximum absolute atomic E-state index is 6.67. The Balaban J connectivity index is 1.96.